The highest BCUT2D eigenvalue weighted by Gasteiger charge is 2.39. The lowest BCUT2D eigenvalue weighted by Crippen LogP contribution is -2.33. The maximum Gasteiger partial charge on any atom is 0.0353 e. The van der Waals surface area contributed by atoms with Gasteiger partial charge >= 0.3 is 0 Å². The summed E-state index contributed by atoms with van der Waals surface area (Å²) in [5.41, 5.74) is 3.53. The first-order valence-electron chi connectivity index (χ1n) is 8.95. The van der Waals surface area contributed by atoms with E-state index in [4.69, 9.17) is 0 Å². The van der Waals surface area contributed by atoms with Gasteiger partial charge in [0.15, 0.2) is 0 Å². The van der Waals surface area contributed by atoms with Crippen LogP contribution in [0.4, 0.5) is 0 Å². The van der Waals surface area contributed by atoms with E-state index in [0.29, 0.717) is 11.5 Å². The van der Waals surface area contributed by atoms with Gasteiger partial charge in [0, 0.05) is 6.04 Å². The Labute approximate surface area is 130 Å². The molecule has 1 heteroatoms. The molecule has 2 fully saturated rings. The molecule has 0 aliphatic heterocycles. The fraction of sp³-hybridized carbons (Fsp3) is 0.700. The van der Waals surface area contributed by atoms with Crippen LogP contribution in [0.25, 0.3) is 0 Å². The molecular weight excluding hydrogens is 254 g/mol. The van der Waals surface area contributed by atoms with Gasteiger partial charge in [0.1, 0.15) is 0 Å². The summed E-state index contributed by atoms with van der Waals surface area (Å²) >= 11 is 0. The van der Waals surface area contributed by atoms with Gasteiger partial charge in [-0.1, -0.05) is 57.9 Å². The van der Waals surface area contributed by atoms with Gasteiger partial charge < -0.3 is 5.32 Å². The SMILES string of the molecule is CCNC(c1ccc(C2CCC2)cc1)C1CCCC1(C)C. The van der Waals surface area contributed by atoms with Crippen LogP contribution in [0.2, 0.25) is 0 Å². The van der Waals surface area contributed by atoms with Crippen molar-refractivity contribution in [3.8, 4) is 0 Å². The van der Waals surface area contributed by atoms with Crippen molar-refractivity contribution >= 4 is 0 Å². The van der Waals surface area contributed by atoms with Crippen LogP contribution in [0.15, 0.2) is 24.3 Å². The van der Waals surface area contributed by atoms with Gasteiger partial charge in [-0.05, 0) is 60.6 Å². The third kappa shape index (κ3) is 3.04. The zero-order valence-corrected chi connectivity index (χ0v) is 14.0. The monoisotopic (exact) mass is 285 g/mol. The van der Waals surface area contributed by atoms with Crippen molar-refractivity contribution in [2.75, 3.05) is 6.54 Å². The zero-order valence-electron chi connectivity index (χ0n) is 14.0. The topological polar surface area (TPSA) is 12.0 Å². The van der Waals surface area contributed by atoms with E-state index in [1.807, 2.05) is 0 Å². The van der Waals surface area contributed by atoms with Crippen LogP contribution < -0.4 is 5.32 Å². The molecule has 1 N–H and O–H groups in total. The largest absolute Gasteiger partial charge is 0.310 e. The van der Waals surface area contributed by atoms with Crippen LogP contribution >= 0.6 is 0 Å². The summed E-state index contributed by atoms with van der Waals surface area (Å²) in [6, 6.07) is 10.1. The van der Waals surface area contributed by atoms with Gasteiger partial charge in [0.25, 0.3) is 0 Å². The van der Waals surface area contributed by atoms with Crippen LogP contribution in [0.1, 0.15) is 82.4 Å². The number of hydrogen-bond donors (Lipinski definition) is 1. The van der Waals surface area contributed by atoms with Crippen molar-refractivity contribution < 1.29 is 0 Å². The molecule has 2 aliphatic rings. The molecule has 0 saturated heterocycles. The number of benzene rings is 1. The summed E-state index contributed by atoms with van der Waals surface area (Å²) in [7, 11) is 0. The van der Waals surface area contributed by atoms with Crippen LogP contribution in [0, 0.1) is 11.3 Å². The Hall–Kier alpha value is -0.820. The average Bonchev–Trinajstić information content (AvgIpc) is 2.75. The number of hydrogen-bond acceptors (Lipinski definition) is 1. The Morgan fingerprint density at radius 2 is 1.81 bits per heavy atom. The molecule has 2 aliphatic carbocycles. The highest BCUT2D eigenvalue weighted by Crippen LogP contribution is 2.48. The standard InChI is InChI=1S/C20H31N/c1-4-21-19(18-9-6-14-20(18,2)3)17-12-10-16(11-13-17)15-7-5-8-15/h10-13,15,18-19,21H,4-9,14H2,1-3H3. The van der Waals surface area contributed by atoms with E-state index in [9.17, 15) is 0 Å². The minimum atomic E-state index is 0.472. The molecule has 1 aromatic rings. The molecule has 2 atom stereocenters. The normalized spacial score (nSPS) is 26.5. The van der Waals surface area contributed by atoms with Gasteiger partial charge in [0.2, 0.25) is 0 Å². The van der Waals surface area contributed by atoms with E-state index < -0.39 is 0 Å². The van der Waals surface area contributed by atoms with Gasteiger partial charge in [-0.2, -0.15) is 0 Å². The fourth-order valence-electron chi connectivity index (χ4n) is 4.40. The first-order chi connectivity index (χ1) is 10.1. The lowest BCUT2D eigenvalue weighted by atomic mass is 9.74. The van der Waals surface area contributed by atoms with Gasteiger partial charge in [0.05, 0.1) is 0 Å². The highest BCUT2D eigenvalue weighted by atomic mass is 14.9. The molecule has 1 nitrogen and oxygen atoms in total. The second-order valence-corrected chi connectivity index (χ2v) is 7.82. The summed E-state index contributed by atoms with van der Waals surface area (Å²) in [6.07, 6.45) is 8.34. The third-order valence-corrected chi connectivity index (χ3v) is 6.04. The molecule has 1 aromatic carbocycles. The fourth-order valence-corrected chi connectivity index (χ4v) is 4.40. The minimum Gasteiger partial charge on any atom is -0.310 e. The van der Waals surface area contributed by atoms with Crippen LogP contribution in [-0.2, 0) is 0 Å². The molecule has 2 saturated carbocycles. The Balaban J connectivity index is 1.79. The van der Waals surface area contributed by atoms with E-state index in [0.717, 1.165) is 18.4 Å². The Kier molecular flexibility index (Phi) is 4.40. The van der Waals surface area contributed by atoms with E-state index in [-0.39, 0.29) is 0 Å². The second-order valence-electron chi connectivity index (χ2n) is 7.82. The van der Waals surface area contributed by atoms with Gasteiger partial charge in [-0.3, -0.25) is 0 Å². The first-order valence-corrected chi connectivity index (χ1v) is 8.95. The second kappa shape index (κ2) is 6.12. The summed E-state index contributed by atoms with van der Waals surface area (Å²) in [6.45, 7) is 8.20. The van der Waals surface area contributed by atoms with Crippen molar-refractivity contribution in [3.05, 3.63) is 35.4 Å². The van der Waals surface area contributed by atoms with E-state index in [1.165, 1.54) is 44.1 Å². The molecule has 0 bridgehead atoms. The summed E-state index contributed by atoms with van der Waals surface area (Å²) in [5, 5.41) is 3.77. The Morgan fingerprint density at radius 3 is 2.29 bits per heavy atom. The van der Waals surface area contributed by atoms with Crippen LogP contribution in [-0.4, -0.2) is 6.54 Å². The molecule has 0 aromatic heterocycles. The van der Waals surface area contributed by atoms with Crippen molar-refractivity contribution in [3.63, 3.8) is 0 Å². The molecule has 0 heterocycles. The molecule has 116 valence electrons. The van der Waals surface area contributed by atoms with Crippen LogP contribution in [0.5, 0.6) is 0 Å². The smallest absolute Gasteiger partial charge is 0.0353 e. The zero-order chi connectivity index (χ0) is 14.9. The number of nitrogens with one attached hydrogen (secondary N) is 1. The highest BCUT2D eigenvalue weighted by molar-refractivity contribution is 5.29. The Bertz CT molecular complexity index is 455. The van der Waals surface area contributed by atoms with Crippen molar-refractivity contribution in [1.82, 2.24) is 5.32 Å². The third-order valence-electron chi connectivity index (χ3n) is 6.04. The average molecular weight is 285 g/mol. The van der Waals surface area contributed by atoms with Crippen molar-refractivity contribution in [2.24, 2.45) is 11.3 Å². The quantitative estimate of drug-likeness (QED) is 0.760. The predicted molar refractivity (Wildman–Crippen MR) is 90.6 cm³/mol. The molecule has 2 unspecified atom stereocenters. The molecule has 0 radical (unpaired) electrons. The molecule has 0 spiro atoms. The van der Waals surface area contributed by atoms with E-state index >= 15 is 0 Å². The predicted octanol–water partition coefficient (Wildman–Crippen LogP) is 5.43. The first kappa shape index (κ1) is 15.1. The molecule has 21 heavy (non-hydrogen) atoms. The molecule has 0 amide bonds. The number of rotatable bonds is 5. The lowest BCUT2D eigenvalue weighted by Gasteiger charge is -2.35. The summed E-state index contributed by atoms with van der Waals surface area (Å²) in [4.78, 5) is 0. The minimum absolute atomic E-state index is 0.472. The lowest BCUT2D eigenvalue weighted by molar-refractivity contribution is 0.199. The molecular formula is C20H31N. The van der Waals surface area contributed by atoms with E-state index in [1.54, 1.807) is 5.56 Å². The Morgan fingerprint density at radius 1 is 1.10 bits per heavy atom. The maximum atomic E-state index is 3.77. The van der Waals surface area contributed by atoms with Gasteiger partial charge in [-0.15, -0.1) is 0 Å². The van der Waals surface area contributed by atoms with Crippen molar-refractivity contribution in [1.29, 1.82) is 0 Å². The summed E-state index contributed by atoms with van der Waals surface area (Å²) < 4.78 is 0. The maximum absolute atomic E-state index is 3.77. The summed E-state index contributed by atoms with van der Waals surface area (Å²) in [5.74, 6) is 1.62. The van der Waals surface area contributed by atoms with Gasteiger partial charge in [-0.25, -0.2) is 0 Å². The van der Waals surface area contributed by atoms with Crippen LogP contribution in [0.3, 0.4) is 0 Å². The van der Waals surface area contributed by atoms with Crippen molar-refractivity contribution in [2.45, 2.75) is 71.3 Å². The van der Waals surface area contributed by atoms with E-state index in [2.05, 4.69) is 50.4 Å². The molecule has 3 rings (SSSR count).